The molecule has 1 N–H and O–H groups in total. The molecule has 0 amide bonds. The maximum atomic E-state index is 6.45. The molecule has 0 aliphatic carbocycles. The van der Waals surface area contributed by atoms with Crippen LogP contribution in [0.1, 0.15) is 24.8 Å². The van der Waals surface area contributed by atoms with Gasteiger partial charge in [0.25, 0.3) is 11.8 Å². The van der Waals surface area contributed by atoms with E-state index in [0.717, 1.165) is 40.9 Å². The SMILES string of the molecule is CCC[NH+](Cc1nnc(-c2cccs2)o1)Cc1cc2ccccc2nc1Cl. The Kier molecular flexibility index (Phi) is 5.48. The number of rotatable bonds is 7. The van der Waals surface area contributed by atoms with Crippen LogP contribution in [0, 0.1) is 0 Å². The average Bonchev–Trinajstić information content (AvgIpc) is 3.34. The monoisotopic (exact) mass is 399 g/mol. The smallest absolute Gasteiger partial charge is 0.271 e. The minimum absolute atomic E-state index is 0.562. The molecule has 3 heterocycles. The van der Waals surface area contributed by atoms with E-state index in [9.17, 15) is 0 Å². The van der Waals surface area contributed by atoms with Gasteiger partial charge in [0, 0.05) is 10.9 Å². The Morgan fingerprint density at radius 3 is 2.81 bits per heavy atom. The Morgan fingerprint density at radius 2 is 2.00 bits per heavy atom. The van der Waals surface area contributed by atoms with Crippen LogP contribution in [0.25, 0.3) is 21.7 Å². The molecule has 1 unspecified atom stereocenters. The zero-order valence-electron chi connectivity index (χ0n) is 15.0. The molecule has 3 aromatic heterocycles. The zero-order valence-corrected chi connectivity index (χ0v) is 16.6. The number of hydrogen-bond acceptors (Lipinski definition) is 5. The highest BCUT2D eigenvalue weighted by Gasteiger charge is 2.18. The van der Waals surface area contributed by atoms with E-state index in [0.29, 0.717) is 23.5 Å². The molecule has 138 valence electrons. The Hall–Kier alpha value is -2.28. The zero-order chi connectivity index (χ0) is 18.6. The summed E-state index contributed by atoms with van der Waals surface area (Å²) >= 11 is 8.04. The topological polar surface area (TPSA) is 56.2 Å². The second-order valence-corrected chi connectivity index (χ2v) is 7.77. The molecule has 5 nitrogen and oxygen atoms in total. The number of thiophene rings is 1. The Balaban J connectivity index is 1.54. The average molecular weight is 400 g/mol. The minimum atomic E-state index is 0.562. The van der Waals surface area contributed by atoms with Crippen molar-refractivity contribution in [3.63, 3.8) is 0 Å². The number of nitrogens with one attached hydrogen (secondary N) is 1. The molecule has 0 saturated heterocycles. The molecule has 27 heavy (non-hydrogen) atoms. The number of para-hydroxylation sites is 1. The number of quaternary nitrogens is 1. The molecule has 0 aliphatic heterocycles. The summed E-state index contributed by atoms with van der Waals surface area (Å²) in [6.45, 7) is 4.58. The third-order valence-electron chi connectivity index (χ3n) is 4.39. The fourth-order valence-electron chi connectivity index (χ4n) is 3.16. The molecule has 0 bridgehead atoms. The van der Waals surface area contributed by atoms with E-state index in [1.165, 1.54) is 4.90 Å². The van der Waals surface area contributed by atoms with Gasteiger partial charge in [-0.05, 0) is 30.0 Å². The van der Waals surface area contributed by atoms with Gasteiger partial charge in [-0.2, -0.15) is 0 Å². The number of pyridine rings is 1. The van der Waals surface area contributed by atoms with Crippen LogP contribution in [-0.4, -0.2) is 21.7 Å². The van der Waals surface area contributed by atoms with Gasteiger partial charge < -0.3 is 9.32 Å². The molecule has 1 atom stereocenters. The van der Waals surface area contributed by atoms with Crippen molar-refractivity contribution in [1.29, 1.82) is 0 Å². The molecule has 0 fully saturated rings. The predicted octanol–water partition coefficient (Wildman–Crippen LogP) is 3.99. The van der Waals surface area contributed by atoms with Crippen molar-refractivity contribution < 1.29 is 9.32 Å². The quantitative estimate of drug-likeness (QED) is 0.477. The van der Waals surface area contributed by atoms with Crippen molar-refractivity contribution in [2.75, 3.05) is 6.54 Å². The summed E-state index contributed by atoms with van der Waals surface area (Å²) in [5.74, 6) is 1.23. The summed E-state index contributed by atoms with van der Waals surface area (Å²) in [6.07, 6.45) is 1.06. The standard InChI is InChI=1S/C20H19ClN4OS/c1-2-9-25(13-18-23-24-20(26-18)17-8-5-10-27-17)12-15-11-14-6-3-4-7-16(14)22-19(15)21/h3-8,10-11H,2,9,12-13H2,1H3/p+1. The highest BCUT2D eigenvalue weighted by Crippen LogP contribution is 2.23. The maximum absolute atomic E-state index is 6.45. The molecule has 0 spiro atoms. The molecule has 0 aliphatic rings. The summed E-state index contributed by atoms with van der Waals surface area (Å²) in [5, 5.41) is 12.1. The number of aromatic nitrogens is 3. The van der Waals surface area contributed by atoms with Gasteiger partial charge in [-0.15, -0.1) is 21.5 Å². The summed E-state index contributed by atoms with van der Waals surface area (Å²) in [7, 11) is 0. The largest absolute Gasteiger partial charge is 0.414 e. The van der Waals surface area contributed by atoms with Crippen molar-refractivity contribution in [3.8, 4) is 10.8 Å². The van der Waals surface area contributed by atoms with E-state index in [2.05, 4.69) is 34.2 Å². The highest BCUT2D eigenvalue weighted by atomic mass is 35.5. The van der Waals surface area contributed by atoms with Gasteiger partial charge in [0.15, 0.2) is 6.54 Å². The fourth-order valence-corrected chi connectivity index (χ4v) is 4.02. The summed E-state index contributed by atoms with van der Waals surface area (Å²) < 4.78 is 5.86. The molecule has 0 radical (unpaired) electrons. The van der Waals surface area contributed by atoms with Crippen LogP contribution < -0.4 is 4.90 Å². The van der Waals surface area contributed by atoms with Gasteiger partial charge in [0.05, 0.1) is 16.9 Å². The van der Waals surface area contributed by atoms with Crippen LogP contribution in [0.3, 0.4) is 0 Å². The van der Waals surface area contributed by atoms with Gasteiger partial charge in [-0.25, -0.2) is 4.98 Å². The molecule has 0 saturated carbocycles. The van der Waals surface area contributed by atoms with Crippen LogP contribution in [0.5, 0.6) is 0 Å². The first-order valence-corrected chi connectivity index (χ1v) is 10.2. The Bertz CT molecular complexity index is 1030. The van der Waals surface area contributed by atoms with Crippen LogP contribution in [0.2, 0.25) is 5.15 Å². The molecular weight excluding hydrogens is 380 g/mol. The first kappa shape index (κ1) is 18.1. The van der Waals surface area contributed by atoms with Gasteiger partial charge >= 0.3 is 0 Å². The van der Waals surface area contributed by atoms with Crippen LogP contribution in [0.4, 0.5) is 0 Å². The Labute approximate surface area is 166 Å². The van der Waals surface area contributed by atoms with Gasteiger partial charge in [-0.1, -0.05) is 42.8 Å². The molecule has 1 aromatic carbocycles. The van der Waals surface area contributed by atoms with Gasteiger partial charge in [-0.3, -0.25) is 0 Å². The number of hydrogen-bond donors (Lipinski definition) is 1. The van der Waals surface area contributed by atoms with E-state index in [4.69, 9.17) is 16.0 Å². The minimum Gasteiger partial charge on any atom is -0.414 e. The van der Waals surface area contributed by atoms with Crippen molar-refractivity contribution in [2.45, 2.75) is 26.4 Å². The summed E-state index contributed by atoms with van der Waals surface area (Å²) in [4.78, 5) is 6.85. The Morgan fingerprint density at radius 1 is 1.11 bits per heavy atom. The van der Waals surface area contributed by atoms with Crippen molar-refractivity contribution >= 4 is 33.8 Å². The van der Waals surface area contributed by atoms with E-state index >= 15 is 0 Å². The van der Waals surface area contributed by atoms with Gasteiger partial charge in [0.1, 0.15) is 11.7 Å². The molecular formula is C20H20ClN4OS+. The lowest BCUT2D eigenvalue weighted by atomic mass is 10.1. The number of nitrogens with zero attached hydrogens (tertiary/aromatic N) is 3. The maximum Gasteiger partial charge on any atom is 0.271 e. The normalized spacial score (nSPS) is 12.5. The number of benzene rings is 1. The molecule has 4 rings (SSSR count). The number of fused-ring (bicyclic) bond motifs is 1. The summed E-state index contributed by atoms with van der Waals surface area (Å²) in [5.41, 5.74) is 1.96. The lowest BCUT2D eigenvalue weighted by molar-refractivity contribution is -0.928. The van der Waals surface area contributed by atoms with Crippen LogP contribution >= 0.6 is 22.9 Å². The van der Waals surface area contributed by atoms with Crippen molar-refractivity contribution in [1.82, 2.24) is 15.2 Å². The second kappa shape index (κ2) is 8.17. The lowest BCUT2D eigenvalue weighted by Crippen LogP contribution is -3.09. The van der Waals surface area contributed by atoms with Crippen LogP contribution in [0.15, 0.2) is 52.3 Å². The molecule has 7 heteroatoms. The van der Waals surface area contributed by atoms with Crippen molar-refractivity contribution in [3.05, 3.63) is 64.5 Å². The first-order chi connectivity index (χ1) is 13.2. The predicted molar refractivity (Wildman–Crippen MR) is 108 cm³/mol. The molecule has 4 aromatic rings. The van der Waals surface area contributed by atoms with E-state index < -0.39 is 0 Å². The van der Waals surface area contributed by atoms with Crippen LogP contribution in [-0.2, 0) is 13.1 Å². The highest BCUT2D eigenvalue weighted by molar-refractivity contribution is 7.13. The van der Waals surface area contributed by atoms with E-state index in [-0.39, 0.29) is 0 Å². The fraction of sp³-hybridized carbons (Fsp3) is 0.250. The third kappa shape index (κ3) is 4.18. The number of halogens is 1. The first-order valence-electron chi connectivity index (χ1n) is 8.97. The van der Waals surface area contributed by atoms with Gasteiger partial charge in [0.2, 0.25) is 0 Å². The van der Waals surface area contributed by atoms with Crippen molar-refractivity contribution in [2.24, 2.45) is 0 Å². The third-order valence-corrected chi connectivity index (χ3v) is 5.58. The van der Waals surface area contributed by atoms with E-state index in [1.54, 1.807) is 11.3 Å². The second-order valence-electron chi connectivity index (χ2n) is 6.46. The van der Waals surface area contributed by atoms with E-state index in [1.807, 2.05) is 35.7 Å². The summed E-state index contributed by atoms with van der Waals surface area (Å²) in [6, 6.07) is 14.1. The lowest BCUT2D eigenvalue weighted by Gasteiger charge is -2.18.